The number of ether oxygens (including phenoxy) is 1. The first-order chi connectivity index (χ1) is 12.2. The quantitative estimate of drug-likeness (QED) is 0.836. The summed E-state index contributed by atoms with van der Waals surface area (Å²) in [7, 11) is 0. The Labute approximate surface area is 150 Å². The summed E-state index contributed by atoms with van der Waals surface area (Å²) in [6.45, 7) is 4.11. The third-order valence-corrected chi connectivity index (χ3v) is 4.96. The van der Waals surface area contributed by atoms with Gasteiger partial charge in [0.15, 0.2) is 6.10 Å². The fourth-order valence-corrected chi connectivity index (χ4v) is 3.46. The Balaban J connectivity index is 1.66. The summed E-state index contributed by atoms with van der Waals surface area (Å²) < 4.78 is 5.94. The smallest absolute Gasteiger partial charge is 0.261 e. The van der Waals surface area contributed by atoms with E-state index in [4.69, 9.17) is 4.74 Å². The van der Waals surface area contributed by atoms with Gasteiger partial charge in [0, 0.05) is 0 Å². The number of benzene rings is 2. The van der Waals surface area contributed by atoms with Crippen molar-refractivity contribution in [2.45, 2.75) is 58.1 Å². The Morgan fingerprint density at radius 1 is 1.16 bits per heavy atom. The molecule has 2 unspecified atom stereocenters. The van der Waals surface area contributed by atoms with Crippen molar-refractivity contribution in [2.75, 3.05) is 0 Å². The molecule has 0 aliphatic heterocycles. The van der Waals surface area contributed by atoms with E-state index in [0.717, 1.165) is 31.4 Å². The first-order valence-corrected chi connectivity index (χ1v) is 9.35. The molecule has 0 saturated carbocycles. The number of rotatable bonds is 6. The Kier molecular flexibility index (Phi) is 5.75. The van der Waals surface area contributed by atoms with Crippen LogP contribution in [0, 0.1) is 0 Å². The molecule has 2 aromatic rings. The van der Waals surface area contributed by atoms with Crippen molar-refractivity contribution in [2.24, 2.45) is 0 Å². The predicted molar refractivity (Wildman–Crippen MR) is 101 cm³/mol. The van der Waals surface area contributed by atoms with Crippen molar-refractivity contribution in [1.29, 1.82) is 0 Å². The monoisotopic (exact) mass is 337 g/mol. The topological polar surface area (TPSA) is 38.3 Å². The number of hydrogen-bond acceptors (Lipinski definition) is 2. The van der Waals surface area contributed by atoms with Crippen molar-refractivity contribution in [1.82, 2.24) is 5.32 Å². The lowest BCUT2D eigenvalue weighted by Gasteiger charge is -2.28. The molecule has 1 N–H and O–H groups in total. The highest BCUT2D eigenvalue weighted by Crippen LogP contribution is 2.29. The zero-order chi connectivity index (χ0) is 17.6. The number of carbonyl (C=O) groups excluding carboxylic acids is 1. The van der Waals surface area contributed by atoms with E-state index in [9.17, 15) is 4.79 Å². The third kappa shape index (κ3) is 4.22. The SMILES string of the molecule is CCc1ccc(OC(CC)C(=O)NC2CCCc3ccccc32)cc1. The number of carbonyl (C=O) groups is 1. The first kappa shape index (κ1) is 17.5. The molecular weight excluding hydrogens is 310 g/mol. The fraction of sp³-hybridized carbons (Fsp3) is 0.409. The zero-order valence-electron chi connectivity index (χ0n) is 15.1. The van der Waals surface area contributed by atoms with Crippen LogP contribution in [0.5, 0.6) is 5.75 Å². The second-order valence-electron chi connectivity index (χ2n) is 6.66. The standard InChI is InChI=1S/C22H27NO2/c1-3-16-12-14-18(15-13-16)25-21(4-2)22(24)23-20-11-7-9-17-8-5-6-10-19(17)20/h5-6,8,10,12-15,20-21H,3-4,7,9,11H2,1-2H3,(H,23,24). The molecule has 132 valence electrons. The maximum Gasteiger partial charge on any atom is 0.261 e. The second kappa shape index (κ2) is 8.19. The minimum absolute atomic E-state index is 0.0243. The zero-order valence-corrected chi connectivity index (χ0v) is 15.1. The number of fused-ring (bicyclic) bond motifs is 1. The van der Waals surface area contributed by atoms with E-state index in [1.807, 2.05) is 25.1 Å². The summed E-state index contributed by atoms with van der Waals surface area (Å²) in [6, 6.07) is 16.5. The van der Waals surface area contributed by atoms with Crippen molar-refractivity contribution in [3.8, 4) is 5.75 Å². The predicted octanol–water partition coefficient (Wildman–Crippen LogP) is 4.60. The number of nitrogens with one attached hydrogen (secondary N) is 1. The molecule has 0 saturated heterocycles. The van der Waals surface area contributed by atoms with Crippen molar-refractivity contribution < 1.29 is 9.53 Å². The van der Waals surface area contributed by atoms with Crippen LogP contribution in [0.25, 0.3) is 0 Å². The van der Waals surface area contributed by atoms with Crippen LogP contribution in [0.3, 0.4) is 0 Å². The van der Waals surface area contributed by atoms with E-state index in [-0.39, 0.29) is 11.9 Å². The molecule has 1 aliphatic carbocycles. The van der Waals surface area contributed by atoms with Crippen LogP contribution in [-0.4, -0.2) is 12.0 Å². The van der Waals surface area contributed by atoms with Crippen LogP contribution in [0.4, 0.5) is 0 Å². The van der Waals surface area contributed by atoms with Gasteiger partial charge in [-0.15, -0.1) is 0 Å². The third-order valence-electron chi connectivity index (χ3n) is 4.96. The minimum atomic E-state index is -0.457. The summed E-state index contributed by atoms with van der Waals surface area (Å²) in [5.74, 6) is 0.729. The van der Waals surface area contributed by atoms with E-state index in [2.05, 4.69) is 42.6 Å². The van der Waals surface area contributed by atoms with E-state index >= 15 is 0 Å². The fourth-order valence-electron chi connectivity index (χ4n) is 3.46. The highest BCUT2D eigenvalue weighted by Gasteiger charge is 2.25. The number of aryl methyl sites for hydroxylation is 2. The van der Waals surface area contributed by atoms with Gasteiger partial charge in [0.05, 0.1) is 6.04 Å². The van der Waals surface area contributed by atoms with Gasteiger partial charge < -0.3 is 10.1 Å². The van der Waals surface area contributed by atoms with Crippen LogP contribution in [0.2, 0.25) is 0 Å². The van der Waals surface area contributed by atoms with Crippen LogP contribution < -0.4 is 10.1 Å². The number of hydrogen-bond donors (Lipinski definition) is 1. The van der Waals surface area contributed by atoms with Gasteiger partial charge in [-0.2, -0.15) is 0 Å². The Hall–Kier alpha value is -2.29. The Morgan fingerprint density at radius 2 is 1.92 bits per heavy atom. The summed E-state index contributed by atoms with van der Waals surface area (Å²) in [4.78, 5) is 12.7. The van der Waals surface area contributed by atoms with Gasteiger partial charge in [0.25, 0.3) is 5.91 Å². The molecule has 25 heavy (non-hydrogen) atoms. The molecule has 0 fully saturated rings. The van der Waals surface area contributed by atoms with Gasteiger partial charge in [0.2, 0.25) is 0 Å². The average molecular weight is 337 g/mol. The molecule has 1 aliphatic rings. The average Bonchev–Trinajstić information content (AvgIpc) is 2.66. The highest BCUT2D eigenvalue weighted by molar-refractivity contribution is 5.81. The molecular formula is C22H27NO2. The number of amides is 1. The Morgan fingerprint density at radius 3 is 2.64 bits per heavy atom. The molecule has 2 atom stereocenters. The van der Waals surface area contributed by atoms with Crippen LogP contribution >= 0.6 is 0 Å². The molecule has 0 radical (unpaired) electrons. The van der Waals surface area contributed by atoms with Crippen molar-refractivity contribution in [3.05, 3.63) is 65.2 Å². The summed E-state index contributed by atoms with van der Waals surface area (Å²) in [5, 5.41) is 3.20. The molecule has 1 amide bonds. The summed E-state index contributed by atoms with van der Waals surface area (Å²) in [6.07, 6.45) is 4.39. The molecule has 0 heterocycles. The van der Waals surface area contributed by atoms with Gasteiger partial charge in [-0.05, 0) is 60.9 Å². The molecule has 2 aromatic carbocycles. The van der Waals surface area contributed by atoms with E-state index in [1.54, 1.807) is 0 Å². The van der Waals surface area contributed by atoms with Crippen LogP contribution in [-0.2, 0) is 17.6 Å². The lowest BCUT2D eigenvalue weighted by Crippen LogP contribution is -2.40. The van der Waals surface area contributed by atoms with Gasteiger partial charge >= 0.3 is 0 Å². The van der Waals surface area contributed by atoms with E-state index in [0.29, 0.717) is 6.42 Å². The second-order valence-corrected chi connectivity index (χ2v) is 6.66. The lowest BCUT2D eigenvalue weighted by molar-refractivity contribution is -0.129. The molecule has 3 heteroatoms. The minimum Gasteiger partial charge on any atom is -0.481 e. The normalized spacial score (nSPS) is 17.4. The van der Waals surface area contributed by atoms with Gasteiger partial charge in [-0.3, -0.25) is 4.79 Å². The van der Waals surface area contributed by atoms with E-state index < -0.39 is 6.10 Å². The maximum atomic E-state index is 12.7. The van der Waals surface area contributed by atoms with Crippen LogP contribution in [0.1, 0.15) is 55.8 Å². The molecule has 0 spiro atoms. The summed E-state index contributed by atoms with van der Waals surface area (Å²) >= 11 is 0. The van der Waals surface area contributed by atoms with E-state index in [1.165, 1.54) is 16.7 Å². The highest BCUT2D eigenvalue weighted by atomic mass is 16.5. The summed E-state index contributed by atoms with van der Waals surface area (Å²) in [5.41, 5.74) is 3.87. The maximum absolute atomic E-state index is 12.7. The Bertz CT molecular complexity index is 708. The van der Waals surface area contributed by atoms with Crippen LogP contribution in [0.15, 0.2) is 48.5 Å². The molecule has 3 rings (SSSR count). The van der Waals surface area contributed by atoms with Gasteiger partial charge in [-0.25, -0.2) is 0 Å². The lowest BCUT2D eigenvalue weighted by atomic mass is 9.87. The largest absolute Gasteiger partial charge is 0.481 e. The van der Waals surface area contributed by atoms with Gasteiger partial charge in [-0.1, -0.05) is 50.2 Å². The van der Waals surface area contributed by atoms with Crippen molar-refractivity contribution in [3.63, 3.8) is 0 Å². The van der Waals surface area contributed by atoms with Crippen molar-refractivity contribution >= 4 is 5.91 Å². The molecule has 0 aromatic heterocycles. The first-order valence-electron chi connectivity index (χ1n) is 9.35. The molecule has 3 nitrogen and oxygen atoms in total. The molecule has 0 bridgehead atoms. The van der Waals surface area contributed by atoms with Gasteiger partial charge in [0.1, 0.15) is 5.75 Å².